The summed E-state index contributed by atoms with van der Waals surface area (Å²) < 4.78 is 0.951. The van der Waals surface area contributed by atoms with Crippen LogP contribution in [0.5, 0.6) is 0 Å². The van der Waals surface area contributed by atoms with Crippen molar-refractivity contribution < 1.29 is 42.0 Å². The maximum atomic E-state index is 12.1. The fraction of sp³-hybridized carbons (Fsp3) is 0.917. The third-order valence-corrected chi connectivity index (χ3v) is 4.55. The number of rotatable bonds is 5. The van der Waals surface area contributed by atoms with E-state index in [1.54, 1.807) is 7.05 Å². The Bertz CT molecular complexity index is 227. The van der Waals surface area contributed by atoms with E-state index in [2.05, 4.69) is 26.1 Å². The largest absolute Gasteiger partial charge is 0.354 e. The molecule has 0 unspecified atom stereocenters. The van der Waals surface area contributed by atoms with Crippen molar-refractivity contribution >= 4 is 5.91 Å². The number of hydrogen-bond acceptors (Lipinski definition) is 1. The average molecular weight is 302 g/mol. The Kier molecular flexibility index (Phi) is 6.68. The topological polar surface area (TPSA) is 29.1 Å². The molecule has 91 valence electrons. The molecule has 0 saturated heterocycles. The summed E-state index contributed by atoms with van der Waals surface area (Å²) in [5, 5.41) is 2.86. The monoisotopic (exact) mass is 302 g/mol. The van der Waals surface area contributed by atoms with Gasteiger partial charge in [0.2, 0.25) is 0 Å². The molecule has 4 heteroatoms. The zero-order valence-corrected chi connectivity index (χ0v) is 14.0. The van der Waals surface area contributed by atoms with Gasteiger partial charge < -0.3 is 9.80 Å². The van der Waals surface area contributed by atoms with Crippen molar-refractivity contribution in [3.8, 4) is 0 Å². The van der Waals surface area contributed by atoms with Crippen LogP contribution in [-0.2, 0) is 37.5 Å². The molecule has 1 fully saturated rings. The van der Waals surface area contributed by atoms with Crippen LogP contribution >= 0.6 is 0 Å². The Morgan fingerprint density at radius 2 is 1.62 bits per heavy atom. The number of hydrogen-bond donors (Lipinski definition) is 1. The molecular formula is C12H25N2OY+. The zero-order chi connectivity index (χ0) is 11.5. The van der Waals surface area contributed by atoms with Crippen LogP contribution in [0.25, 0.3) is 0 Å². The summed E-state index contributed by atoms with van der Waals surface area (Å²) in [6.07, 6.45) is 3.32. The van der Waals surface area contributed by atoms with Gasteiger partial charge in [-0.25, -0.2) is 0 Å². The fourth-order valence-corrected chi connectivity index (χ4v) is 3.24. The van der Waals surface area contributed by atoms with Gasteiger partial charge in [0.1, 0.15) is 0 Å². The van der Waals surface area contributed by atoms with Gasteiger partial charge in [-0.1, -0.05) is 0 Å². The SMILES string of the molecule is CC[N+](CC)(CC)C1(C(=O)NC)CCC1.[Y]. The standard InChI is InChI=1S/C12H24N2O.Y/c1-5-14(6-2,7-3)12(9-8-10-12)11(15)13-4;/h5-10H2,1-4H3;/p+1. The maximum Gasteiger partial charge on any atom is 0.281 e. The van der Waals surface area contributed by atoms with Crippen molar-refractivity contribution in [2.24, 2.45) is 0 Å². The van der Waals surface area contributed by atoms with Gasteiger partial charge in [0, 0.05) is 52.6 Å². The fourth-order valence-electron chi connectivity index (χ4n) is 3.24. The first-order valence-electron chi connectivity index (χ1n) is 6.20. The predicted octanol–water partition coefficient (Wildman–Crippen LogP) is 1.53. The molecule has 1 saturated carbocycles. The van der Waals surface area contributed by atoms with E-state index in [1.807, 2.05) is 0 Å². The van der Waals surface area contributed by atoms with Gasteiger partial charge in [-0.15, -0.1) is 0 Å². The van der Waals surface area contributed by atoms with E-state index in [9.17, 15) is 4.79 Å². The van der Waals surface area contributed by atoms with Gasteiger partial charge in [-0.2, -0.15) is 0 Å². The number of likely N-dealkylation sites (N-methyl/N-ethyl adjacent to an activating group) is 2. The smallest absolute Gasteiger partial charge is 0.281 e. The minimum Gasteiger partial charge on any atom is -0.354 e. The first kappa shape index (κ1) is 16.5. The quantitative estimate of drug-likeness (QED) is 0.767. The normalized spacial score (nSPS) is 18.2. The molecule has 1 rings (SSSR count). The van der Waals surface area contributed by atoms with E-state index in [-0.39, 0.29) is 44.2 Å². The summed E-state index contributed by atoms with van der Waals surface area (Å²) in [6.45, 7) is 9.78. The number of nitrogens with zero attached hydrogens (tertiary/aromatic N) is 1. The van der Waals surface area contributed by atoms with Crippen molar-refractivity contribution in [1.82, 2.24) is 5.32 Å². The van der Waals surface area contributed by atoms with E-state index in [4.69, 9.17) is 0 Å². The predicted molar refractivity (Wildman–Crippen MR) is 62.5 cm³/mol. The van der Waals surface area contributed by atoms with E-state index < -0.39 is 0 Å². The van der Waals surface area contributed by atoms with Crippen molar-refractivity contribution in [2.75, 3.05) is 26.7 Å². The van der Waals surface area contributed by atoms with Crippen LogP contribution in [0.1, 0.15) is 40.0 Å². The van der Waals surface area contributed by atoms with Crippen LogP contribution in [0.2, 0.25) is 0 Å². The number of carbonyl (C=O) groups excluding carboxylic acids is 1. The molecule has 0 spiro atoms. The summed E-state index contributed by atoms with van der Waals surface area (Å²) in [4.78, 5) is 12.1. The first-order chi connectivity index (χ1) is 7.12. The third-order valence-electron chi connectivity index (χ3n) is 4.55. The van der Waals surface area contributed by atoms with Gasteiger partial charge in [-0.05, 0) is 27.2 Å². The molecule has 1 aliphatic carbocycles. The van der Waals surface area contributed by atoms with E-state index in [1.165, 1.54) is 6.42 Å². The van der Waals surface area contributed by atoms with Crippen molar-refractivity contribution in [3.63, 3.8) is 0 Å². The summed E-state index contributed by atoms with van der Waals surface area (Å²) in [5.74, 6) is 0.249. The molecule has 0 bridgehead atoms. The van der Waals surface area contributed by atoms with E-state index >= 15 is 0 Å². The Hall–Kier alpha value is 0.534. The van der Waals surface area contributed by atoms with E-state index in [0.717, 1.165) is 37.0 Å². The minimum atomic E-state index is -0.118. The van der Waals surface area contributed by atoms with Crippen molar-refractivity contribution in [2.45, 2.75) is 45.6 Å². The summed E-state index contributed by atoms with van der Waals surface area (Å²) in [6, 6.07) is 0. The Labute approximate surface area is 125 Å². The summed E-state index contributed by atoms with van der Waals surface area (Å²) >= 11 is 0. The molecule has 16 heavy (non-hydrogen) atoms. The van der Waals surface area contributed by atoms with Crippen molar-refractivity contribution in [1.29, 1.82) is 0 Å². The molecule has 0 aromatic carbocycles. The molecule has 0 aliphatic heterocycles. The molecule has 1 amide bonds. The first-order valence-corrected chi connectivity index (χ1v) is 6.20. The molecule has 3 nitrogen and oxygen atoms in total. The Morgan fingerprint density at radius 1 is 1.19 bits per heavy atom. The Balaban J connectivity index is 0.00000225. The van der Waals surface area contributed by atoms with Gasteiger partial charge in [0.15, 0.2) is 5.54 Å². The molecule has 0 heterocycles. The second kappa shape index (κ2) is 6.46. The summed E-state index contributed by atoms with van der Waals surface area (Å²) in [7, 11) is 1.76. The van der Waals surface area contributed by atoms with Crippen LogP contribution in [-0.4, -0.2) is 42.6 Å². The number of quaternary nitrogens is 1. The van der Waals surface area contributed by atoms with Gasteiger partial charge in [0.05, 0.1) is 19.6 Å². The van der Waals surface area contributed by atoms with Crippen LogP contribution in [0.3, 0.4) is 0 Å². The van der Waals surface area contributed by atoms with Gasteiger partial charge >= 0.3 is 0 Å². The third kappa shape index (κ3) is 2.23. The zero-order valence-electron chi connectivity index (χ0n) is 11.2. The van der Waals surface area contributed by atoms with Crippen LogP contribution in [0.15, 0.2) is 0 Å². The minimum absolute atomic E-state index is 0. The molecule has 0 atom stereocenters. The van der Waals surface area contributed by atoms with Crippen molar-refractivity contribution in [3.05, 3.63) is 0 Å². The van der Waals surface area contributed by atoms with Crippen LogP contribution in [0, 0.1) is 0 Å². The molecular weight excluding hydrogens is 277 g/mol. The van der Waals surface area contributed by atoms with Gasteiger partial charge in [-0.3, -0.25) is 4.79 Å². The maximum absolute atomic E-state index is 12.1. The molecule has 0 aromatic rings. The van der Waals surface area contributed by atoms with Crippen LogP contribution < -0.4 is 5.32 Å². The number of nitrogens with one attached hydrogen (secondary N) is 1. The molecule has 1 aliphatic rings. The Morgan fingerprint density at radius 3 is 1.81 bits per heavy atom. The second-order valence-corrected chi connectivity index (χ2v) is 4.56. The molecule has 1 N–H and O–H groups in total. The average Bonchev–Trinajstić information content (AvgIpc) is 2.22. The van der Waals surface area contributed by atoms with Crippen LogP contribution in [0.4, 0.5) is 0 Å². The number of carbonyl (C=O) groups is 1. The summed E-state index contributed by atoms with van der Waals surface area (Å²) in [5.41, 5.74) is -0.118. The van der Waals surface area contributed by atoms with Gasteiger partial charge in [0.25, 0.3) is 5.91 Å². The molecule has 0 aromatic heterocycles. The second-order valence-electron chi connectivity index (χ2n) is 4.56. The van der Waals surface area contributed by atoms with E-state index in [0.29, 0.717) is 0 Å². The molecule has 1 radical (unpaired) electrons. The number of amides is 1.